The number of carbonyl (C=O) groups is 1. The molecular weight excluding hydrogens is 300 g/mol. The Balaban J connectivity index is 0.000000246. The first-order valence-corrected chi connectivity index (χ1v) is 7.63. The van der Waals surface area contributed by atoms with Gasteiger partial charge < -0.3 is 15.9 Å². The highest BCUT2D eigenvalue weighted by Gasteiger charge is 2.09. The van der Waals surface area contributed by atoms with Crippen LogP contribution < -0.4 is 5.73 Å². The molecule has 0 fully saturated rings. The molecule has 0 unspecified atom stereocenters. The van der Waals surface area contributed by atoms with Gasteiger partial charge in [-0.1, -0.05) is 54.6 Å². The number of esters is 1. The highest BCUT2D eigenvalue weighted by atomic mass is 16.5. The van der Waals surface area contributed by atoms with E-state index in [2.05, 4.69) is 53.3 Å². The molecule has 0 aromatic heterocycles. The van der Waals surface area contributed by atoms with Crippen molar-refractivity contribution in [1.82, 2.24) is 0 Å². The van der Waals surface area contributed by atoms with E-state index in [0.29, 0.717) is 0 Å². The number of nitrogens with two attached hydrogens (primary N) is 1. The maximum absolute atomic E-state index is 9.83. The lowest BCUT2D eigenvalue weighted by Gasteiger charge is -2.11. The minimum absolute atomic E-state index is 0.0312. The first kappa shape index (κ1) is 15.9. The van der Waals surface area contributed by atoms with Crippen LogP contribution in [0.3, 0.4) is 0 Å². The SMILES string of the molecule is COC(=O)CN.N=Cc1ccc2ccc3cccc4ccc1c2c34. The van der Waals surface area contributed by atoms with Crippen LogP contribution in [0.4, 0.5) is 0 Å². The number of hydrogen-bond acceptors (Lipinski definition) is 4. The summed E-state index contributed by atoms with van der Waals surface area (Å²) in [5.74, 6) is -0.380. The van der Waals surface area contributed by atoms with Crippen molar-refractivity contribution < 1.29 is 9.53 Å². The van der Waals surface area contributed by atoms with E-state index < -0.39 is 0 Å². The van der Waals surface area contributed by atoms with Gasteiger partial charge in [-0.25, -0.2) is 0 Å². The standard InChI is InChI=1S/C17H11N.C3H7NO2/c18-10-14-7-6-13-5-4-11-2-1-3-12-8-9-15(14)17(13)16(11)12;1-6-3(5)2-4/h1-10,18H;2,4H2,1H3. The molecule has 4 aromatic carbocycles. The van der Waals surface area contributed by atoms with Crippen LogP contribution in [0.5, 0.6) is 0 Å². The highest BCUT2D eigenvalue weighted by molar-refractivity contribution is 6.25. The van der Waals surface area contributed by atoms with Crippen LogP contribution in [0.15, 0.2) is 54.6 Å². The van der Waals surface area contributed by atoms with E-state index in [1.54, 1.807) is 0 Å². The van der Waals surface area contributed by atoms with Gasteiger partial charge in [0, 0.05) is 6.21 Å². The van der Waals surface area contributed by atoms with Crippen molar-refractivity contribution in [3.8, 4) is 0 Å². The van der Waals surface area contributed by atoms with Gasteiger partial charge in [-0.15, -0.1) is 0 Å². The average molecular weight is 318 g/mol. The van der Waals surface area contributed by atoms with Gasteiger partial charge in [0.05, 0.1) is 13.7 Å². The summed E-state index contributed by atoms with van der Waals surface area (Å²) in [6, 6.07) is 19.1. The molecule has 0 spiro atoms. The van der Waals surface area contributed by atoms with Crippen molar-refractivity contribution in [3.05, 3.63) is 60.2 Å². The van der Waals surface area contributed by atoms with Crippen LogP contribution in [-0.4, -0.2) is 25.8 Å². The molecule has 0 saturated carbocycles. The van der Waals surface area contributed by atoms with Gasteiger partial charge in [0.15, 0.2) is 0 Å². The summed E-state index contributed by atoms with van der Waals surface area (Å²) >= 11 is 0. The normalized spacial score (nSPS) is 10.6. The number of rotatable bonds is 2. The van der Waals surface area contributed by atoms with Gasteiger partial charge in [-0.3, -0.25) is 4.79 Å². The van der Waals surface area contributed by atoms with Crippen LogP contribution in [-0.2, 0) is 9.53 Å². The molecule has 24 heavy (non-hydrogen) atoms. The molecule has 4 heteroatoms. The smallest absolute Gasteiger partial charge is 0.319 e. The number of carbonyl (C=O) groups excluding carboxylic acids is 1. The fraction of sp³-hybridized carbons (Fsp3) is 0.100. The summed E-state index contributed by atoms with van der Waals surface area (Å²) < 4.78 is 4.14. The monoisotopic (exact) mass is 318 g/mol. The molecule has 120 valence electrons. The van der Waals surface area contributed by atoms with Gasteiger partial charge in [0.25, 0.3) is 0 Å². The largest absolute Gasteiger partial charge is 0.468 e. The second-order valence-corrected chi connectivity index (χ2v) is 5.44. The van der Waals surface area contributed by atoms with Crippen LogP contribution in [0.25, 0.3) is 32.3 Å². The lowest BCUT2D eigenvalue weighted by atomic mass is 9.92. The number of benzene rings is 4. The second-order valence-electron chi connectivity index (χ2n) is 5.44. The zero-order valence-corrected chi connectivity index (χ0v) is 13.4. The quantitative estimate of drug-likeness (QED) is 0.336. The molecule has 0 saturated heterocycles. The van der Waals surface area contributed by atoms with Crippen LogP contribution in [0.2, 0.25) is 0 Å². The van der Waals surface area contributed by atoms with Crippen molar-refractivity contribution in [1.29, 1.82) is 5.41 Å². The zero-order chi connectivity index (χ0) is 17.1. The third-order valence-electron chi connectivity index (χ3n) is 4.11. The van der Waals surface area contributed by atoms with Crippen molar-refractivity contribution in [2.45, 2.75) is 0 Å². The summed E-state index contributed by atoms with van der Waals surface area (Å²) in [5, 5.41) is 15.1. The Morgan fingerprint density at radius 1 is 1.00 bits per heavy atom. The predicted molar refractivity (Wildman–Crippen MR) is 99.1 cm³/mol. The lowest BCUT2D eigenvalue weighted by molar-refractivity contribution is -0.138. The van der Waals surface area contributed by atoms with E-state index in [4.69, 9.17) is 11.1 Å². The van der Waals surface area contributed by atoms with E-state index in [0.717, 1.165) is 5.56 Å². The molecule has 0 amide bonds. The van der Waals surface area contributed by atoms with E-state index in [9.17, 15) is 4.79 Å². The summed E-state index contributed by atoms with van der Waals surface area (Å²) in [6.07, 6.45) is 1.44. The van der Waals surface area contributed by atoms with Gasteiger partial charge in [-0.2, -0.15) is 0 Å². The second kappa shape index (κ2) is 6.64. The molecule has 4 rings (SSSR count). The summed E-state index contributed by atoms with van der Waals surface area (Å²) in [5.41, 5.74) is 5.79. The van der Waals surface area contributed by atoms with E-state index >= 15 is 0 Å². The predicted octanol–water partition coefficient (Wildman–Crippen LogP) is 3.70. The third kappa shape index (κ3) is 2.68. The van der Waals surface area contributed by atoms with Gasteiger partial charge in [-0.05, 0) is 37.9 Å². The number of nitrogens with one attached hydrogen (secondary N) is 1. The molecule has 0 aliphatic heterocycles. The van der Waals surface area contributed by atoms with Gasteiger partial charge >= 0.3 is 5.97 Å². The van der Waals surface area contributed by atoms with Gasteiger partial charge in [0.1, 0.15) is 0 Å². The Morgan fingerprint density at radius 2 is 1.58 bits per heavy atom. The molecule has 0 heterocycles. The topological polar surface area (TPSA) is 76.2 Å². The summed E-state index contributed by atoms with van der Waals surface area (Å²) in [7, 11) is 1.30. The Morgan fingerprint density at radius 3 is 2.12 bits per heavy atom. The van der Waals surface area contributed by atoms with Crippen molar-refractivity contribution in [3.63, 3.8) is 0 Å². The zero-order valence-electron chi connectivity index (χ0n) is 13.4. The summed E-state index contributed by atoms with van der Waals surface area (Å²) in [6.45, 7) is -0.0312. The van der Waals surface area contributed by atoms with Crippen LogP contribution >= 0.6 is 0 Å². The first-order valence-electron chi connectivity index (χ1n) is 7.63. The minimum atomic E-state index is -0.380. The Hall–Kier alpha value is -2.98. The Kier molecular flexibility index (Phi) is 4.40. The molecule has 0 aliphatic carbocycles. The molecule has 0 aliphatic rings. The number of ether oxygens (including phenoxy) is 1. The number of methoxy groups -OCH3 is 1. The van der Waals surface area contributed by atoms with E-state index in [-0.39, 0.29) is 12.5 Å². The molecule has 4 aromatic rings. The maximum atomic E-state index is 9.83. The molecule has 3 N–H and O–H groups in total. The maximum Gasteiger partial charge on any atom is 0.319 e. The van der Waals surface area contributed by atoms with Crippen molar-refractivity contribution in [2.75, 3.05) is 13.7 Å². The molecule has 0 atom stereocenters. The molecule has 4 nitrogen and oxygen atoms in total. The third-order valence-corrected chi connectivity index (χ3v) is 4.11. The number of hydrogen-bond donors (Lipinski definition) is 2. The molecule has 0 radical (unpaired) electrons. The fourth-order valence-electron chi connectivity index (χ4n) is 2.97. The first-order chi connectivity index (χ1) is 11.7. The Labute approximate surface area is 139 Å². The van der Waals surface area contributed by atoms with Gasteiger partial charge in [0.2, 0.25) is 0 Å². The fourth-order valence-corrected chi connectivity index (χ4v) is 2.97. The highest BCUT2D eigenvalue weighted by Crippen LogP contribution is 2.35. The summed E-state index contributed by atoms with van der Waals surface area (Å²) in [4.78, 5) is 9.83. The Bertz CT molecular complexity index is 1000. The average Bonchev–Trinajstić information content (AvgIpc) is 2.65. The van der Waals surface area contributed by atoms with Crippen LogP contribution in [0.1, 0.15) is 5.56 Å². The van der Waals surface area contributed by atoms with Crippen molar-refractivity contribution in [2.24, 2.45) is 5.73 Å². The van der Waals surface area contributed by atoms with E-state index in [1.807, 2.05) is 6.07 Å². The lowest BCUT2D eigenvalue weighted by Crippen LogP contribution is -2.14. The van der Waals surface area contributed by atoms with Crippen LogP contribution in [0, 0.1) is 5.41 Å². The van der Waals surface area contributed by atoms with E-state index in [1.165, 1.54) is 45.6 Å². The van der Waals surface area contributed by atoms with Crippen molar-refractivity contribution >= 4 is 44.5 Å². The minimum Gasteiger partial charge on any atom is -0.468 e. The molecule has 0 bridgehead atoms. The molecular formula is C20H18N2O2.